The predicted octanol–water partition coefficient (Wildman–Crippen LogP) is -0.742. The minimum Gasteiger partial charge on any atom is -0.464 e. The molecule has 0 aliphatic carbocycles. The van der Waals surface area contributed by atoms with Crippen molar-refractivity contribution in [1.29, 1.82) is 0 Å². The van der Waals surface area contributed by atoms with Gasteiger partial charge in [-0.25, -0.2) is 4.79 Å². The molecule has 0 rings (SSSR count). The van der Waals surface area contributed by atoms with Crippen molar-refractivity contribution in [3.05, 3.63) is 0 Å². The lowest BCUT2D eigenvalue weighted by Gasteiger charge is -2.11. The molecule has 0 aromatic rings. The zero-order valence-electron chi connectivity index (χ0n) is 6.20. The molecule has 4 nitrogen and oxygen atoms in total. The highest BCUT2D eigenvalue weighted by Gasteiger charge is 2.19. The molecule has 0 saturated heterocycles. The van der Waals surface area contributed by atoms with E-state index in [1.807, 2.05) is 0 Å². The van der Waals surface area contributed by atoms with Gasteiger partial charge in [-0.1, -0.05) is 0 Å². The Bertz CT molecular complexity index is 114. The SMILES string of the molecule is CCOC(=O)[C@H](O)[C@H](C)N. The van der Waals surface area contributed by atoms with Crippen molar-refractivity contribution >= 4 is 5.97 Å². The van der Waals surface area contributed by atoms with Gasteiger partial charge in [0, 0.05) is 6.04 Å². The number of aliphatic hydroxyl groups is 1. The predicted molar refractivity (Wildman–Crippen MR) is 36.3 cm³/mol. The highest BCUT2D eigenvalue weighted by molar-refractivity contribution is 5.75. The molecule has 0 heterocycles. The second kappa shape index (κ2) is 4.24. The second-order valence-electron chi connectivity index (χ2n) is 2.06. The van der Waals surface area contributed by atoms with Crippen LogP contribution in [0.3, 0.4) is 0 Å². The van der Waals surface area contributed by atoms with E-state index in [0.717, 1.165) is 0 Å². The minimum absolute atomic E-state index is 0.266. The largest absolute Gasteiger partial charge is 0.464 e. The van der Waals surface area contributed by atoms with E-state index < -0.39 is 18.1 Å². The summed E-state index contributed by atoms with van der Waals surface area (Å²) in [6.45, 7) is 3.48. The highest BCUT2D eigenvalue weighted by atomic mass is 16.5. The number of aliphatic hydroxyl groups excluding tert-OH is 1. The number of carbonyl (C=O) groups excluding carboxylic acids is 1. The van der Waals surface area contributed by atoms with E-state index in [9.17, 15) is 4.79 Å². The fourth-order valence-electron chi connectivity index (χ4n) is 0.442. The monoisotopic (exact) mass is 147 g/mol. The van der Waals surface area contributed by atoms with E-state index in [-0.39, 0.29) is 6.61 Å². The van der Waals surface area contributed by atoms with Crippen LogP contribution in [0.4, 0.5) is 0 Å². The maximum atomic E-state index is 10.6. The topological polar surface area (TPSA) is 72.5 Å². The zero-order valence-corrected chi connectivity index (χ0v) is 6.20. The van der Waals surface area contributed by atoms with Gasteiger partial charge >= 0.3 is 5.97 Å². The van der Waals surface area contributed by atoms with Crippen LogP contribution in [-0.4, -0.2) is 29.8 Å². The molecule has 0 spiro atoms. The summed E-state index contributed by atoms with van der Waals surface area (Å²) in [7, 11) is 0. The van der Waals surface area contributed by atoms with Crippen molar-refractivity contribution in [3.63, 3.8) is 0 Å². The Morgan fingerprint density at radius 3 is 2.60 bits per heavy atom. The Balaban J connectivity index is 3.71. The van der Waals surface area contributed by atoms with Gasteiger partial charge in [-0.3, -0.25) is 0 Å². The Morgan fingerprint density at radius 1 is 1.80 bits per heavy atom. The number of esters is 1. The van der Waals surface area contributed by atoms with Crippen LogP contribution in [0, 0.1) is 0 Å². The van der Waals surface area contributed by atoms with Crippen LogP contribution in [0.2, 0.25) is 0 Å². The molecule has 0 amide bonds. The van der Waals surface area contributed by atoms with Crippen LogP contribution in [0.1, 0.15) is 13.8 Å². The first kappa shape index (κ1) is 9.39. The average molecular weight is 147 g/mol. The van der Waals surface area contributed by atoms with Gasteiger partial charge < -0.3 is 15.6 Å². The maximum absolute atomic E-state index is 10.6. The second-order valence-corrected chi connectivity index (χ2v) is 2.06. The van der Waals surface area contributed by atoms with Crippen LogP contribution in [-0.2, 0) is 9.53 Å². The minimum atomic E-state index is -1.19. The molecular weight excluding hydrogens is 134 g/mol. The van der Waals surface area contributed by atoms with E-state index in [0.29, 0.717) is 0 Å². The molecule has 0 aromatic carbocycles. The zero-order chi connectivity index (χ0) is 8.15. The van der Waals surface area contributed by atoms with Gasteiger partial charge in [0.25, 0.3) is 0 Å². The summed E-state index contributed by atoms with van der Waals surface area (Å²) in [4.78, 5) is 10.6. The van der Waals surface area contributed by atoms with Crippen molar-refractivity contribution in [2.24, 2.45) is 5.73 Å². The molecule has 0 aliphatic rings. The molecule has 3 N–H and O–H groups in total. The number of hydrogen-bond acceptors (Lipinski definition) is 4. The summed E-state index contributed by atoms with van der Waals surface area (Å²) in [5.41, 5.74) is 5.22. The normalized spacial score (nSPS) is 16.0. The van der Waals surface area contributed by atoms with Crippen molar-refractivity contribution in [2.45, 2.75) is 26.0 Å². The van der Waals surface area contributed by atoms with Crippen LogP contribution in [0.5, 0.6) is 0 Å². The molecule has 0 radical (unpaired) electrons. The molecular formula is C6H13NO3. The number of hydrogen-bond donors (Lipinski definition) is 2. The van der Waals surface area contributed by atoms with Crippen LogP contribution < -0.4 is 5.73 Å². The highest BCUT2D eigenvalue weighted by Crippen LogP contribution is 1.92. The number of carbonyl (C=O) groups is 1. The molecule has 2 atom stereocenters. The van der Waals surface area contributed by atoms with Gasteiger partial charge in [0.1, 0.15) is 0 Å². The average Bonchev–Trinajstić information content (AvgIpc) is 1.87. The quantitative estimate of drug-likeness (QED) is 0.515. The summed E-state index contributed by atoms with van der Waals surface area (Å²) in [5.74, 6) is -0.655. The number of ether oxygens (including phenoxy) is 1. The van der Waals surface area contributed by atoms with Crippen molar-refractivity contribution in [3.8, 4) is 0 Å². The van der Waals surface area contributed by atoms with Crippen molar-refractivity contribution in [1.82, 2.24) is 0 Å². The van der Waals surface area contributed by atoms with Gasteiger partial charge in [-0.15, -0.1) is 0 Å². The molecule has 0 unspecified atom stereocenters. The molecule has 0 fully saturated rings. The Labute approximate surface area is 60.0 Å². The lowest BCUT2D eigenvalue weighted by atomic mass is 10.2. The summed E-state index contributed by atoms with van der Waals surface area (Å²) in [6.07, 6.45) is -1.19. The van der Waals surface area contributed by atoms with Gasteiger partial charge in [0.2, 0.25) is 0 Å². The molecule has 0 aliphatic heterocycles. The Kier molecular flexibility index (Phi) is 3.99. The van der Waals surface area contributed by atoms with Crippen LogP contribution >= 0.6 is 0 Å². The first-order valence-corrected chi connectivity index (χ1v) is 3.19. The van der Waals surface area contributed by atoms with Gasteiger partial charge in [-0.05, 0) is 13.8 Å². The molecule has 4 heteroatoms. The van der Waals surface area contributed by atoms with Gasteiger partial charge in [0.15, 0.2) is 6.10 Å². The maximum Gasteiger partial charge on any atom is 0.336 e. The summed E-state index contributed by atoms with van der Waals surface area (Å²) in [6, 6.07) is -0.570. The van der Waals surface area contributed by atoms with Crippen molar-refractivity contribution < 1.29 is 14.6 Å². The number of rotatable bonds is 3. The molecule has 0 aromatic heterocycles. The lowest BCUT2D eigenvalue weighted by Crippen LogP contribution is -2.39. The first-order valence-electron chi connectivity index (χ1n) is 3.19. The third-order valence-electron chi connectivity index (χ3n) is 1.03. The summed E-state index contributed by atoms with van der Waals surface area (Å²) < 4.78 is 4.50. The van der Waals surface area contributed by atoms with E-state index in [1.165, 1.54) is 0 Å². The Hall–Kier alpha value is -0.610. The van der Waals surface area contributed by atoms with Crippen LogP contribution in [0.25, 0.3) is 0 Å². The fraction of sp³-hybridized carbons (Fsp3) is 0.833. The third-order valence-corrected chi connectivity index (χ3v) is 1.03. The molecule has 60 valence electrons. The van der Waals surface area contributed by atoms with E-state index >= 15 is 0 Å². The Morgan fingerprint density at radius 2 is 2.30 bits per heavy atom. The molecule has 0 saturated carbocycles. The van der Waals surface area contributed by atoms with Gasteiger partial charge in [0.05, 0.1) is 6.61 Å². The molecule has 0 bridgehead atoms. The first-order chi connectivity index (χ1) is 4.59. The summed E-state index contributed by atoms with van der Waals surface area (Å²) >= 11 is 0. The van der Waals surface area contributed by atoms with Crippen molar-refractivity contribution in [2.75, 3.05) is 6.61 Å². The smallest absolute Gasteiger partial charge is 0.336 e. The van der Waals surface area contributed by atoms with E-state index in [4.69, 9.17) is 10.8 Å². The number of nitrogens with two attached hydrogens (primary N) is 1. The fourth-order valence-corrected chi connectivity index (χ4v) is 0.442. The molecule has 10 heavy (non-hydrogen) atoms. The van der Waals surface area contributed by atoms with Gasteiger partial charge in [-0.2, -0.15) is 0 Å². The van der Waals surface area contributed by atoms with E-state index in [2.05, 4.69) is 4.74 Å². The third kappa shape index (κ3) is 2.80. The van der Waals surface area contributed by atoms with E-state index in [1.54, 1.807) is 13.8 Å². The lowest BCUT2D eigenvalue weighted by molar-refractivity contribution is -0.153. The standard InChI is InChI=1S/C6H13NO3/c1-3-10-6(9)5(8)4(2)7/h4-5,8H,3,7H2,1-2H3/t4-,5+/m0/s1. The van der Waals surface area contributed by atoms with Crippen LogP contribution in [0.15, 0.2) is 0 Å². The summed E-state index contributed by atoms with van der Waals surface area (Å²) in [5, 5.41) is 8.93.